The van der Waals surface area contributed by atoms with Crippen molar-refractivity contribution in [3.8, 4) is 0 Å². The lowest BCUT2D eigenvalue weighted by molar-refractivity contribution is 0.602. The second-order valence-electron chi connectivity index (χ2n) is 3.94. The van der Waals surface area contributed by atoms with E-state index in [1.165, 1.54) is 11.3 Å². The number of nitrogens with one attached hydrogen (secondary N) is 1. The minimum absolute atomic E-state index is 0.110. The van der Waals surface area contributed by atoms with Crippen LogP contribution in [0.25, 0.3) is 0 Å². The van der Waals surface area contributed by atoms with Gasteiger partial charge in [0.25, 0.3) is 10.0 Å². The maximum Gasteiger partial charge on any atom is 0.273 e. The summed E-state index contributed by atoms with van der Waals surface area (Å²) < 4.78 is 26.8. The molecule has 7 heteroatoms. The minimum Gasteiger partial charge on any atom is -0.246 e. The molecule has 1 N–H and O–H groups in total. The van der Waals surface area contributed by atoms with Gasteiger partial charge in [0, 0.05) is 16.3 Å². The Balaban J connectivity index is 2.33. The van der Waals surface area contributed by atoms with Crippen molar-refractivity contribution in [3.05, 3.63) is 34.5 Å². The van der Waals surface area contributed by atoms with Crippen LogP contribution in [0.5, 0.6) is 0 Å². The van der Waals surface area contributed by atoms with E-state index in [9.17, 15) is 8.42 Å². The second kappa shape index (κ2) is 4.66. The van der Waals surface area contributed by atoms with Gasteiger partial charge in [0.05, 0.1) is 0 Å². The quantitative estimate of drug-likeness (QED) is 0.938. The van der Waals surface area contributed by atoms with Gasteiger partial charge in [0.1, 0.15) is 4.21 Å². The summed E-state index contributed by atoms with van der Waals surface area (Å²) in [6.07, 6.45) is 0. The van der Waals surface area contributed by atoms with Crippen LogP contribution < -0.4 is 4.72 Å². The normalized spacial score (nSPS) is 11.5. The largest absolute Gasteiger partial charge is 0.273 e. The van der Waals surface area contributed by atoms with E-state index in [0.29, 0.717) is 0 Å². The van der Waals surface area contributed by atoms with Gasteiger partial charge in [-0.3, -0.25) is 0 Å². The molecule has 0 spiro atoms. The van der Waals surface area contributed by atoms with E-state index in [0.717, 1.165) is 16.3 Å². The summed E-state index contributed by atoms with van der Waals surface area (Å²) in [5, 5.41) is 0. The molecule has 0 bridgehead atoms. The average molecular weight is 283 g/mol. The van der Waals surface area contributed by atoms with Crippen molar-refractivity contribution in [3.63, 3.8) is 0 Å². The molecular formula is C11H13N3O2S2. The number of nitrogens with zero attached hydrogens (tertiary/aromatic N) is 2. The Labute approximate surface area is 110 Å². The van der Waals surface area contributed by atoms with Gasteiger partial charge in [-0.2, -0.15) is 0 Å². The lowest BCUT2D eigenvalue weighted by Crippen LogP contribution is -2.14. The number of hydrogen-bond donors (Lipinski definition) is 1. The fourth-order valence-electron chi connectivity index (χ4n) is 1.50. The summed E-state index contributed by atoms with van der Waals surface area (Å²) in [5.74, 6) is 0.110. The monoisotopic (exact) mass is 283 g/mol. The van der Waals surface area contributed by atoms with E-state index < -0.39 is 10.0 Å². The van der Waals surface area contributed by atoms with Gasteiger partial charge in [-0.1, -0.05) is 0 Å². The highest BCUT2D eigenvalue weighted by molar-refractivity contribution is 7.94. The number of aromatic nitrogens is 2. The fraction of sp³-hybridized carbons (Fsp3) is 0.273. The molecule has 0 fully saturated rings. The average Bonchev–Trinajstić information content (AvgIpc) is 2.62. The topological polar surface area (TPSA) is 72.0 Å². The molecule has 0 unspecified atom stereocenters. The molecule has 0 amide bonds. The third kappa shape index (κ3) is 2.85. The van der Waals surface area contributed by atoms with Crippen molar-refractivity contribution < 1.29 is 8.42 Å². The Morgan fingerprint density at radius 3 is 2.22 bits per heavy atom. The Bertz CT molecular complexity index is 657. The zero-order valence-electron chi connectivity index (χ0n) is 10.3. The lowest BCUT2D eigenvalue weighted by atomic mass is 10.4. The Morgan fingerprint density at radius 2 is 1.72 bits per heavy atom. The van der Waals surface area contributed by atoms with Gasteiger partial charge in [-0.05, 0) is 39.0 Å². The molecule has 18 heavy (non-hydrogen) atoms. The molecule has 2 aromatic rings. The molecule has 0 aliphatic carbocycles. The van der Waals surface area contributed by atoms with Gasteiger partial charge in [-0.25, -0.2) is 23.1 Å². The molecule has 96 valence electrons. The Kier molecular flexibility index (Phi) is 3.36. The number of rotatable bonds is 3. The SMILES string of the molecule is Cc1cc(C)nc(NS(=O)(=O)c2ccc(C)s2)n1. The van der Waals surface area contributed by atoms with Crippen LogP contribution in [0.1, 0.15) is 16.3 Å². The van der Waals surface area contributed by atoms with Crippen LogP contribution in [-0.4, -0.2) is 18.4 Å². The van der Waals surface area contributed by atoms with Gasteiger partial charge >= 0.3 is 0 Å². The van der Waals surface area contributed by atoms with E-state index in [4.69, 9.17) is 0 Å². The number of sulfonamides is 1. The number of aryl methyl sites for hydroxylation is 3. The van der Waals surface area contributed by atoms with Crippen molar-refractivity contribution in [2.75, 3.05) is 4.72 Å². The molecule has 0 radical (unpaired) electrons. The molecule has 2 heterocycles. The summed E-state index contributed by atoms with van der Waals surface area (Å²) in [4.78, 5) is 9.05. The summed E-state index contributed by atoms with van der Waals surface area (Å²) in [7, 11) is -3.58. The molecule has 0 aromatic carbocycles. The molecule has 0 atom stereocenters. The first-order valence-electron chi connectivity index (χ1n) is 5.28. The zero-order valence-corrected chi connectivity index (χ0v) is 11.9. The smallest absolute Gasteiger partial charge is 0.246 e. The highest BCUT2D eigenvalue weighted by Gasteiger charge is 2.17. The van der Waals surface area contributed by atoms with Gasteiger partial charge in [0.2, 0.25) is 5.95 Å². The van der Waals surface area contributed by atoms with E-state index in [1.807, 2.05) is 6.92 Å². The number of anilines is 1. The molecular weight excluding hydrogens is 270 g/mol. The third-order valence-corrected chi connectivity index (χ3v) is 5.01. The first-order chi connectivity index (χ1) is 8.37. The summed E-state index contributed by atoms with van der Waals surface area (Å²) in [6, 6.07) is 5.12. The predicted molar refractivity (Wildman–Crippen MR) is 71.4 cm³/mol. The van der Waals surface area contributed by atoms with Crippen LogP contribution in [0.4, 0.5) is 5.95 Å². The third-order valence-electron chi connectivity index (χ3n) is 2.19. The van der Waals surface area contributed by atoms with E-state index in [2.05, 4.69) is 14.7 Å². The first-order valence-corrected chi connectivity index (χ1v) is 7.58. The van der Waals surface area contributed by atoms with Crippen LogP contribution in [-0.2, 0) is 10.0 Å². The fourth-order valence-corrected chi connectivity index (χ4v) is 3.73. The minimum atomic E-state index is -3.58. The van der Waals surface area contributed by atoms with Crippen molar-refractivity contribution >= 4 is 27.3 Å². The van der Waals surface area contributed by atoms with E-state index in [-0.39, 0.29) is 10.2 Å². The lowest BCUT2D eigenvalue weighted by Gasteiger charge is -2.06. The summed E-state index contributed by atoms with van der Waals surface area (Å²) in [6.45, 7) is 5.44. The standard InChI is InChI=1S/C11H13N3O2S2/c1-7-6-8(2)13-11(12-7)14-18(15,16)10-5-4-9(3)17-10/h4-6H,1-3H3,(H,12,13,14). The van der Waals surface area contributed by atoms with Gasteiger partial charge < -0.3 is 0 Å². The molecule has 0 aliphatic rings. The molecule has 2 rings (SSSR count). The highest BCUT2D eigenvalue weighted by atomic mass is 32.2. The molecule has 5 nitrogen and oxygen atoms in total. The van der Waals surface area contributed by atoms with Crippen LogP contribution in [0.15, 0.2) is 22.4 Å². The van der Waals surface area contributed by atoms with Crippen LogP contribution in [0.3, 0.4) is 0 Å². The van der Waals surface area contributed by atoms with Crippen molar-refractivity contribution in [1.82, 2.24) is 9.97 Å². The van der Waals surface area contributed by atoms with E-state index >= 15 is 0 Å². The molecule has 0 saturated carbocycles. The number of hydrogen-bond acceptors (Lipinski definition) is 5. The van der Waals surface area contributed by atoms with Gasteiger partial charge in [0.15, 0.2) is 0 Å². The maximum absolute atomic E-state index is 12.1. The molecule has 2 aromatic heterocycles. The van der Waals surface area contributed by atoms with Crippen LogP contribution in [0, 0.1) is 20.8 Å². The van der Waals surface area contributed by atoms with Gasteiger partial charge in [-0.15, -0.1) is 11.3 Å². The van der Waals surface area contributed by atoms with Crippen LogP contribution in [0.2, 0.25) is 0 Å². The maximum atomic E-state index is 12.1. The first kappa shape index (κ1) is 13.0. The number of thiophene rings is 1. The van der Waals surface area contributed by atoms with Crippen molar-refractivity contribution in [2.45, 2.75) is 25.0 Å². The highest BCUT2D eigenvalue weighted by Crippen LogP contribution is 2.22. The predicted octanol–water partition coefficient (Wildman–Crippen LogP) is 2.26. The summed E-state index contributed by atoms with van der Waals surface area (Å²) in [5.41, 5.74) is 1.45. The zero-order chi connectivity index (χ0) is 13.3. The van der Waals surface area contributed by atoms with E-state index in [1.54, 1.807) is 32.0 Å². The Morgan fingerprint density at radius 1 is 1.11 bits per heavy atom. The molecule has 0 aliphatic heterocycles. The van der Waals surface area contributed by atoms with Crippen molar-refractivity contribution in [1.29, 1.82) is 0 Å². The molecule has 0 saturated heterocycles. The second-order valence-corrected chi connectivity index (χ2v) is 7.14. The summed E-state index contributed by atoms with van der Waals surface area (Å²) >= 11 is 1.22. The van der Waals surface area contributed by atoms with Crippen LogP contribution >= 0.6 is 11.3 Å². The Hall–Kier alpha value is -1.47. The van der Waals surface area contributed by atoms with Crippen molar-refractivity contribution in [2.24, 2.45) is 0 Å².